The number of hydrogen-bond donors (Lipinski definition) is 1. The first-order valence-corrected chi connectivity index (χ1v) is 6.29. The Hall–Kier alpha value is -1.85. The van der Waals surface area contributed by atoms with E-state index in [1.807, 2.05) is 30.4 Å². The summed E-state index contributed by atoms with van der Waals surface area (Å²) in [5, 5.41) is 12.6. The van der Waals surface area contributed by atoms with Crippen LogP contribution in [0.2, 0.25) is 0 Å². The van der Waals surface area contributed by atoms with Crippen molar-refractivity contribution in [3.05, 3.63) is 60.2 Å². The Kier molecular flexibility index (Phi) is 3.96. The summed E-state index contributed by atoms with van der Waals surface area (Å²) in [7, 11) is 0. The van der Waals surface area contributed by atoms with Gasteiger partial charge in [-0.1, -0.05) is 61.6 Å². The summed E-state index contributed by atoms with van der Waals surface area (Å²) in [5.74, 6) is 0.325. The number of nitriles is 1. The zero-order valence-electron chi connectivity index (χ0n) is 10.6. The molecule has 0 spiro atoms. The van der Waals surface area contributed by atoms with E-state index in [9.17, 15) is 0 Å². The van der Waals surface area contributed by atoms with Crippen LogP contribution in [-0.2, 0) is 6.54 Å². The van der Waals surface area contributed by atoms with Crippen LogP contribution in [0.1, 0.15) is 18.9 Å². The fourth-order valence-electron chi connectivity index (χ4n) is 2.28. The molecule has 1 aromatic rings. The van der Waals surface area contributed by atoms with E-state index in [-0.39, 0.29) is 5.54 Å². The van der Waals surface area contributed by atoms with Crippen LogP contribution in [0.3, 0.4) is 0 Å². The lowest BCUT2D eigenvalue weighted by Crippen LogP contribution is -2.48. The standard InChI is InChI=1S/C16H18N2/c1-14-7-5-6-10-16(14,11-12-17)18-13-15-8-3-2-4-9-15/h2-10,14,18H,11,13H2,1H3. The molecule has 0 amide bonds. The third kappa shape index (κ3) is 2.69. The fourth-order valence-corrected chi connectivity index (χ4v) is 2.28. The van der Waals surface area contributed by atoms with Gasteiger partial charge in [0.25, 0.3) is 0 Å². The van der Waals surface area contributed by atoms with Crippen LogP contribution >= 0.6 is 0 Å². The molecule has 92 valence electrons. The molecule has 0 radical (unpaired) electrons. The molecule has 2 rings (SSSR count). The van der Waals surface area contributed by atoms with Gasteiger partial charge in [-0.15, -0.1) is 0 Å². The normalized spacial score (nSPS) is 25.9. The first-order valence-electron chi connectivity index (χ1n) is 6.29. The van der Waals surface area contributed by atoms with E-state index in [0.29, 0.717) is 12.3 Å². The molecular weight excluding hydrogens is 220 g/mol. The summed E-state index contributed by atoms with van der Waals surface area (Å²) in [6, 6.07) is 12.6. The predicted molar refractivity (Wildman–Crippen MR) is 73.7 cm³/mol. The third-order valence-electron chi connectivity index (χ3n) is 3.55. The van der Waals surface area contributed by atoms with Crippen molar-refractivity contribution in [3.63, 3.8) is 0 Å². The van der Waals surface area contributed by atoms with Gasteiger partial charge in [0.1, 0.15) is 0 Å². The lowest BCUT2D eigenvalue weighted by atomic mass is 9.79. The lowest BCUT2D eigenvalue weighted by Gasteiger charge is -2.36. The van der Waals surface area contributed by atoms with E-state index in [2.05, 4.69) is 42.6 Å². The number of rotatable bonds is 4. The van der Waals surface area contributed by atoms with E-state index in [1.54, 1.807) is 0 Å². The van der Waals surface area contributed by atoms with Crippen molar-refractivity contribution < 1.29 is 0 Å². The fraction of sp³-hybridized carbons (Fsp3) is 0.312. The van der Waals surface area contributed by atoms with Crippen molar-refractivity contribution >= 4 is 0 Å². The maximum atomic E-state index is 9.05. The summed E-state index contributed by atoms with van der Waals surface area (Å²) >= 11 is 0. The quantitative estimate of drug-likeness (QED) is 0.874. The smallest absolute Gasteiger partial charge is 0.0644 e. The maximum absolute atomic E-state index is 9.05. The van der Waals surface area contributed by atoms with Crippen molar-refractivity contribution in [1.82, 2.24) is 5.32 Å². The molecule has 2 heteroatoms. The van der Waals surface area contributed by atoms with Crippen LogP contribution < -0.4 is 5.32 Å². The number of allylic oxidation sites excluding steroid dienone is 2. The van der Waals surface area contributed by atoms with Gasteiger partial charge in [-0.2, -0.15) is 5.26 Å². The highest BCUT2D eigenvalue weighted by Crippen LogP contribution is 2.27. The molecule has 0 fully saturated rings. The van der Waals surface area contributed by atoms with E-state index in [0.717, 1.165) is 6.54 Å². The molecular formula is C16H18N2. The van der Waals surface area contributed by atoms with Crippen LogP contribution in [0.4, 0.5) is 0 Å². The molecule has 0 heterocycles. The average molecular weight is 238 g/mol. The minimum Gasteiger partial charge on any atom is -0.302 e. The molecule has 2 atom stereocenters. The number of nitrogens with one attached hydrogen (secondary N) is 1. The molecule has 1 aromatic carbocycles. The monoisotopic (exact) mass is 238 g/mol. The summed E-state index contributed by atoms with van der Waals surface area (Å²) in [5.41, 5.74) is 1.00. The number of nitrogens with zero attached hydrogens (tertiary/aromatic N) is 1. The molecule has 0 bridgehead atoms. The second-order valence-electron chi connectivity index (χ2n) is 4.75. The van der Waals surface area contributed by atoms with Crippen molar-refractivity contribution in [2.45, 2.75) is 25.4 Å². The predicted octanol–water partition coefficient (Wildman–Crippen LogP) is 3.19. The van der Waals surface area contributed by atoms with Gasteiger partial charge in [-0.3, -0.25) is 0 Å². The van der Waals surface area contributed by atoms with E-state index < -0.39 is 0 Å². The first kappa shape index (κ1) is 12.6. The van der Waals surface area contributed by atoms with Gasteiger partial charge >= 0.3 is 0 Å². The Balaban J connectivity index is 2.10. The van der Waals surface area contributed by atoms with Crippen molar-refractivity contribution in [2.24, 2.45) is 5.92 Å². The van der Waals surface area contributed by atoms with E-state index in [1.165, 1.54) is 5.56 Å². The Labute approximate surface area is 109 Å². The van der Waals surface area contributed by atoms with Crippen molar-refractivity contribution in [3.8, 4) is 6.07 Å². The van der Waals surface area contributed by atoms with Gasteiger partial charge in [0, 0.05) is 6.54 Å². The number of hydrogen-bond acceptors (Lipinski definition) is 2. The van der Waals surface area contributed by atoms with Crippen LogP contribution in [-0.4, -0.2) is 5.54 Å². The van der Waals surface area contributed by atoms with E-state index >= 15 is 0 Å². The lowest BCUT2D eigenvalue weighted by molar-refractivity contribution is 0.326. The average Bonchev–Trinajstić information content (AvgIpc) is 2.41. The minimum absolute atomic E-state index is 0.237. The Morgan fingerprint density at radius 2 is 2.06 bits per heavy atom. The van der Waals surface area contributed by atoms with E-state index in [4.69, 9.17) is 5.26 Å². The van der Waals surface area contributed by atoms with Crippen molar-refractivity contribution in [1.29, 1.82) is 5.26 Å². The van der Waals surface area contributed by atoms with Crippen LogP contribution in [0.15, 0.2) is 54.6 Å². The molecule has 0 aromatic heterocycles. The highest BCUT2D eigenvalue weighted by molar-refractivity contribution is 5.26. The summed E-state index contributed by atoms with van der Waals surface area (Å²) < 4.78 is 0. The second kappa shape index (κ2) is 5.66. The highest BCUT2D eigenvalue weighted by atomic mass is 15.0. The Bertz CT molecular complexity index is 482. The van der Waals surface area contributed by atoms with Gasteiger partial charge in [-0.05, 0) is 11.5 Å². The summed E-state index contributed by atoms with van der Waals surface area (Å²) in [4.78, 5) is 0. The van der Waals surface area contributed by atoms with Gasteiger partial charge in [-0.25, -0.2) is 0 Å². The first-order chi connectivity index (χ1) is 8.77. The molecule has 2 nitrogen and oxygen atoms in total. The van der Waals surface area contributed by atoms with Crippen LogP contribution in [0.5, 0.6) is 0 Å². The molecule has 18 heavy (non-hydrogen) atoms. The topological polar surface area (TPSA) is 35.8 Å². The Morgan fingerprint density at radius 1 is 1.28 bits per heavy atom. The van der Waals surface area contributed by atoms with Gasteiger partial charge in [0.2, 0.25) is 0 Å². The molecule has 1 aliphatic carbocycles. The second-order valence-corrected chi connectivity index (χ2v) is 4.75. The molecule has 0 saturated carbocycles. The summed E-state index contributed by atoms with van der Waals surface area (Å²) in [6.07, 6.45) is 8.82. The molecule has 0 saturated heterocycles. The molecule has 1 aliphatic rings. The van der Waals surface area contributed by atoms with Gasteiger partial charge < -0.3 is 5.32 Å². The molecule has 2 unspecified atom stereocenters. The third-order valence-corrected chi connectivity index (χ3v) is 3.55. The molecule has 0 aliphatic heterocycles. The zero-order chi connectivity index (χ0) is 12.8. The van der Waals surface area contributed by atoms with Crippen LogP contribution in [0, 0.1) is 17.2 Å². The SMILES string of the molecule is CC1C=CC=CC1(CC#N)NCc1ccccc1. The number of benzene rings is 1. The Morgan fingerprint density at radius 3 is 2.72 bits per heavy atom. The van der Waals surface area contributed by atoms with Gasteiger partial charge in [0.05, 0.1) is 18.0 Å². The van der Waals surface area contributed by atoms with Crippen LogP contribution in [0.25, 0.3) is 0 Å². The van der Waals surface area contributed by atoms with Crippen molar-refractivity contribution in [2.75, 3.05) is 0 Å². The highest BCUT2D eigenvalue weighted by Gasteiger charge is 2.32. The zero-order valence-corrected chi connectivity index (χ0v) is 10.6. The summed E-state index contributed by atoms with van der Waals surface area (Å²) in [6.45, 7) is 2.93. The largest absolute Gasteiger partial charge is 0.302 e. The maximum Gasteiger partial charge on any atom is 0.0644 e. The molecule has 1 N–H and O–H groups in total. The minimum atomic E-state index is -0.237. The van der Waals surface area contributed by atoms with Gasteiger partial charge in [0.15, 0.2) is 0 Å².